The number of para-hydroxylation sites is 1. The summed E-state index contributed by atoms with van der Waals surface area (Å²) in [7, 11) is 0. The van der Waals surface area contributed by atoms with Gasteiger partial charge in [0.1, 0.15) is 0 Å². The molecular weight excluding hydrogens is 727 g/mol. The summed E-state index contributed by atoms with van der Waals surface area (Å²) >= 11 is 0. The fourth-order valence-electron chi connectivity index (χ4n) is 9.94. The van der Waals surface area contributed by atoms with Gasteiger partial charge in [0.15, 0.2) is 11.6 Å². The molecule has 1 aromatic heterocycles. The zero-order valence-electron chi connectivity index (χ0n) is 33.4. The number of hydrogen-bond donors (Lipinski definition) is 0. The first kappa shape index (κ1) is 34.4. The van der Waals surface area contributed by atoms with Crippen LogP contribution in [0.3, 0.4) is 0 Å². The van der Waals surface area contributed by atoms with Crippen LogP contribution < -0.4 is 0 Å². The molecule has 11 aromatic rings. The summed E-state index contributed by atoms with van der Waals surface area (Å²) in [6.45, 7) is 4.75. The van der Waals surface area contributed by atoms with Crippen LogP contribution in [-0.4, -0.2) is 14.8 Å². The van der Waals surface area contributed by atoms with E-state index < -0.39 is 0 Å². The van der Waals surface area contributed by atoms with Crippen LogP contribution in [0.4, 0.5) is 0 Å². The fourth-order valence-corrected chi connectivity index (χ4v) is 9.94. The van der Waals surface area contributed by atoms with Crippen LogP contribution in [0.1, 0.15) is 25.0 Å². The summed E-state index contributed by atoms with van der Waals surface area (Å²) in [6, 6.07) is 73.0. The summed E-state index contributed by atoms with van der Waals surface area (Å²) in [5, 5.41) is 19.6. The van der Waals surface area contributed by atoms with Crippen molar-refractivity contribution in [2.24, 2.45) is 0 Å². The molecule has 12 rings (SSSR count). The Morgan fingerprint density at radius 2 is 0.867 bits per heavy atom. The lowest BCUT2D eigenvalue weighted by Gasteiger charge is -2.24. The smallest absolute Gasteiger partial charge is 0.168 e. The monoisotopic (exact) mass is 765 g/mol. The lowest BCUT2D eigenvalue weighted by Crippen LogP contribution is -2.14. The molecule has 0 radical (unpaired) electrons. The number of nitrogens with zero attached hydrogens (tertiary/aromatic N) is 3. The third kappa shape index (κ3) is 5.22. The zero-order valence-corrected chi connectivity index (χ0v) is 33.4. The van der Waals surface area contributed by atoms with Crippen molar-refractivity contribution in [1.29, 1.82) is 0 Å². The second kappa shape index (κ2) is 13.2. The molecule has 3 heteroatoms. The largest absolute Gasteiger partial charge is 0.275 e. The maximum absolute atomic E-state index is 4.81. The van der Waals surface area contributed by atoms with Crippen molar-refractivity contribution in [3.05, 3.63) is 211 Å². The molecule has 0 saturated heterocycles. The van der Waals surface area contributed by atoms with Crippen molar-refractivity contribution in [3.8, 4) is 61.8 Å². The van der Waals surface area contributed by atoms with Gasteiger partial charge in [0.05, 0.1) is 0 Å². The summed E-state index contributed by atoms with van der Waals surface area (Å²) in [6.07, 6.45) is 0. The lowest BCUT2D eigenvalue weighted by atomic mass is 9.79. The van der Waals surface area contributed by atoms with Gasteiger partial charge in [-0.15, -0.1) is 10.2 Å². The highest BCUT2D eigenvalue weighted by atomic mass is 15.3. The number of hydrogen-bond acceptors (Lipinski definition) is 2. The first-order valence-electron chi connectivity index (χ1n) is 20.7. The third-order valence-corrected chi connectivity index (χ3v) is 12.9. The van der Waals surface area contributed by atoms with E-state index in [2.05, 4.69) is 194 Å². The molecule has 1 aliphatic carbocycles. The molecule has 0 atom stereocenters. The van der Waals surface area contributed by atoms with Crippen LogP contribution >= 0.6 is 0 Å². The van der Waals surface area contributed by atoms with Crippen LogP contribution in [-0.2, 0) is 5.41 Å². The Labute approximate surface area is 348 Å². The van der Waals surface area contributed by atoms with E-state index in [9.17, 15) is 0 Å². The molecule has 1 aliphatic rings. The molecule has 0 aliphatic heterocycles. The highest BCUT2D eigenvalue weighted by Gasteiger charge is 2.36. The summed E-state index contributed by atoms with van der Waals surface area (Å²) in [4.78, 5) is 0. The molecule has 0 saturated carbocycles. The minimum Gasteiger partial charge on any atom is -0.275 e. The van der Waals surface area contributed by atoms with E-state index >= 15 is 0 Å². The number of fused-ring (bicyclic) bond motifs is 7. The van der Waals surface area contributed by atoms with Crippen molar-refractivity contribution >= 4 is 43.1 Å². The Morgan fingerprint density at radius 1 is 0.350 bits per heavy atom. The van der Waals surface area contributed by atoms with Crippen molar-refractivity contribution < 1.29 is 0 Å². The van der Waals surface area contributed by atoms with E-state index in [4.69, 9.17) is 10.2 Å². The van der Waals surface area contributed by atoms with E-state index in [-0.39, 0.29) is 5.41 Å². The maximum Gasteiger partial charge on any atom is 0.168 e. The number of benzene rings is 10. The van der Waals surface area contributed by atoms with Gasteiger partial charge in [0.25, 0.3) is 0 Å². The summed E-state index contributed by atoms with van der Waals surface area (Å²) in [5.41, 5.74) is 13.2. The van der Waals surface area contributed by atoms with Gasteiger partial charge in [-0.2, -0.15) is 0 Å². The fraction of sp³-hybridized carbons (Fsp3) is 0.0526. The second-order valence-corrected chi connectivity index (χ2v) is 16.6. The molecule has 3 nitrogen and oxygen atoms in total. The molecule has 0 N–H and O–H groups in total. The van der Waals surface area contributed by atoms with E-state index in [0.29, 0.717) is 0 Å². The van der Waals surface area contributed by atoms with Crippen LogP contribution in [0.25, 0.3) is 105 Å². The Hall–Kier alpha value is -7.62. The first-order valence-corrected chi connectivity index (χ1v) is 20.7. The second-order valence-electron chi connectivity index (χ2n) is 16.6. The molecule has 60 heavy (non-hydrogen) atoms. The average molecular weight is 766 g/mol. The van der Waals surface area contributed by atoms with Crippen LogP contribution in [0.5, 0.6) is 0 Å². The summed E-state index contributed by atoms with van der Waals surface area (Å²) < 4.78 is 2.17. The minimum atomic E-state index is -0.138. The van der Waals surface area contributed by atoms with E-state index in [1.807, 2.05) is 24.3 Å². The predicted molar refractivity (Wildman–Crippen MR) is 251 cm³/mol. The maximum atomic E-state index is 4.81. The van der Waals surface area contributed by atoms with Gasteiger partial charge in [0, 0.05) is 22.2 Å². The van der Waals surface area contributed by atoms with E-state index in [1.165, 1.54) is 82.0 Å². The van der Waals surface area contributed by atoms with E-state index in [1.54, 1.807) is 0 Å². The van der Waals surface area contributed by atoms with Crippen molar-refractivity contribution in [3.63, 3.8) is 0 Å². The normalized spacial score (nSPS) is 13.0. The predicted octanol–water partition coefficient (Wildman–Crippen LogP) is 14.9. The van der Waals surface area contributed by atoms with Gasteiger partial charge < -0.3 is 0 Å². The highest BCUT2D eigenvalue weighted by Crippen LogP contribution is 2.53. The lowest BCUT2D eigenvalue weighted by molar-refractivity contribution is 0.661. The van der Waals surface area contributed by atoms with Crippen molar-refractivity contribution in [1.82, 2.24) is 14.8 Å². The van der Waals surface area contributed by atoms with Gasteiger partial charge in [-0.05, 0) is 130 Å². The van der Waals surface area contributed by atoms with Gasteiger partial charge in [0.2, 0.25) is 0 Å². The Morgan fingerprint density at radius 3 is 1.58 bits per heavy atom. The standard InChI is InChI=1S/C57H39N3/c1-57(2)51-24-14-13-21-45(51)48-34-49-50(35-52(48)57)54(42-30-29-41-31-39-17-9-10-18-40(39)32-43(41)33-42)47-23-12-11-22-46(47)53(49)36-25-27-38(28-26-36)56-59-58-55(37-15-5-3-6-16-37)60(56)44-19-7-4-8-20-44/h3-35H,1-2H3. The zero-order chi connectivity index (χ0) is 40.0. The number of aromatic nitrogens is 3. The van der Waals surface area contributed by atoms with E-state index in [0.717, 1.165) is 34.0 Å². The highest BCUT2D eigenvalue weighted by molar-refractivity contribution is 6.23. The minimum absolute atomic E-state index is 0.138. The molecule has 10 aromatic carbocycles. The molecule has 0 amide bonds. The van der Waals surface area contributed by atoms with Gasteiger partial charge in [-0.3, -0.25) is 4.57 Å². The molecule has 282 valence electrons. The van der Waals surface area contributed by atoms with Crippen molar-refractivity contribution in [2.75, 3.05) is 0 Å². The molecule has 0 bridgehead atoms. The SMILES string of the molecule is CC1(C)c2ccccc2-c2cc3c(-c4ccc(-c5nnc(-c6ccccc6)n5-c5ccccc5)cc4)c4ccccc4c(-c4ccc5cc6ccccc6cc5c4)c3cc21. The molecule has 0 spiro atoms. The van der Waals surface area contributed by atoms with Crippen LogP contribution in [0.2, 0.25) is 0 Å². The van der Waals surface area contributed by atoms with Gasteiger partial charge >= 0.3 is 0 Å². The van der Waals surface area contributed by atoms with Gasteiger partial charge in [-0.1, -0.05) is 172 Å². The quantitative estimate of drug-likeness (QED) is 0.163. The van der Waals surface area contributed by atoms with Crippen LogP contribution in [0, 0.1) is 0 Å². The average Bonchev–Trinajstić information content (AvgIpc) is 3.84. The summed E-state index contributed by atoms with van der Waals surface area (Å²) in [5.74, 6) is 1.62. The Balaban J connectivity index is 1.10. The Kier molecular flexibility index (Phi) is 7.58. The molecule has 0 fully saturated rings. The first-order chi connectivity index (χ1) is 29.5. The topological polar surface area (TPSA) is 30.7 Å². The number of rotatable bonds is 5. The molecular formula is C57H39N3. The third-order valence-electron chi connectivity index (χ3n) is 12.9. The van der Waals surface area contributed by atoms with Crippen LogP contribution in [0.15, 0.2) is 200 Å². The molecule has 1 heterocycles. The molecule has 0 unspecified atom stereocenters. The van der Waals surface area contributed by atoms with Crippen molar-refractivity contribution in [2.45, 2.75) is 19.3 Å². The Bertz CT molecular complexity index is 3490. The van der Waals surface area contributed by atoms with Gasteiger partial charge in [-0.25, -0.2) is 0 Å².